The summed E-state index contributed by atoms with van der Waals surface area (Å²) in [5, 5.41) is 19.5. The van der Waals surface area contributed by atoms with Gasteiger partial charge in [0.1, 0.15) is 23.2 Å². The minimum atomic E-state index is -0.0429. The molecule has 5 N–H and O–H groups in total. The lowest BCUT2D eigenvalue weighted by Gasteiger charge is -2.21. The number of rotatable bonds is 4. The maximum atomic E-state index is 10.3. The molecule has 0 aliphatic heterocycles. The van der Waals surface area contributed by atoms with Gasteiger partial charge in [0.05, 0.1) is 5.69 Å². The molecule has 0 radical (unpaired) electrons. The molecule has 2 aromatic rings. The van der Waals surface area contributed by atoms with Gasteiger partial charge in [0, 0.05) is 30.4 Å². The molecule has 0 fully saturated rings. The quantitative estimate of drug-likeness (QED) is 0.784. The van der Waals surface area contributed by atoms with Crippen molar-refractivity contribution in [2.24, 2.45) is 0 Å². The number of phenols is 1. The molecule has 1 aromatic carbocycles. The van der Waals surface area contributed by atoms with E-state index in [0.29, 0.717) is 5.56 Å². The molecule has 0 atom stereocenters. The van der Waals surface area contributed by atoms with Crippen LogP contribution in [0.25, 0.3) is 11.3 Å². The molecule has 1 heterocycles. The van der Waals surface area contributed by atoms with Crippen LogP contribution >= 0.6 is 0 Å². The van der Waals surface area contributed by atoms with Gasteiger partial charge in [-0.25, -0.2) is 4.98 Å². The highest BCUT2D eigenvalue weighted by Crippen LogP contribution is 2.34. The van der Waals surface area contributed by atoms with Crippen molar-refractivity contribution < 1.29 is 5.11 Å². The van der Waals surface area contributed by atoms with Crippen LogP contribution in [0.4, 0.5) is 17.5 Å². The maximum absolute atomic E-state index is 10.3. The standard InChI is InChI=1S/C15H18N6O/c1-3-21(4-2)9-5-6-10(12(22)7-9)13-11(8-16)14(17)20-15(18)19-13/h5-7,22H,3-4H2,1-2H3,(H4,17,18,19,20). The van der Waals surface area contributed by atoms with Gasteiger partial charge in [0.25, 0.3) is 0 Å². The van der Waals surface area contributed by atoms with E-state index in [4.69, 9.17) is 11.5 Å². The summed E-state index contributed by atoms with van der Waals surface area (Å²) in [7, 11) is 0. The molecule has 22 heavy (non-hydrogen) atoms. The normalized spacial score (nSPS) is 10.2. The van der Waals surface area contributed by atoms with Crippen LogP contribution in [0.2, 0.25) is 0 Å². The van der Waals surface area contributed by atoms with Crippen molar-refractivity contribution in [3.05, 3.63) is 23.8 Å². The van der Waals surface area contributed by atoms with E-state index in [0.717, 1.165) is 18.8 Å². The minimum absolute atomic E-state index is 0.00257. The fourth-order valence-electron chi connectivity index (χ4n) is 2.31. The Morgan fingerprint density at radius 1 is 1.23 bits per heavy atom. The molecular weight excluding hydrogens is 280 g/mol. The Hall–Kier alpha value is -3.01. The Balaban J connectivity index is 2.58. The van der Waals surface area contributed by atoms with E-state index in [1.165, 1.54) is 0 Å². The fraction of sp³-hybridized carbons (Fsp3) is 0.267. The Morgan fingerprint density at radius 3 is 2.45 bits per heavy atom. The van der Waals surface area contributed by atoms with Crippen LogP contribution in [0.1, 0.15) is 19.4 Å². The number of nitrogens with two attached hydrogens (primary N) is 2. The molecule has 1 aromatic heterocycles. The Kier molecular flexibility index (Phi) is 4.32. The van der Waals surface area contributed by atoms with Crippen LogP contribution in [-0.4, -0.2) is 28.2 Å². The van der Waals surface area contributed by atoms with Crippen molar-refractivity contribution in [2.75, 3.05) is 29.5 Å². The van der Waals surface area contributed by atoms with E-state index in [9.17, 15) is 10.4 Å². The third kappa shape index (κ3) is 2.72. The van der Waals surface area contributed by atoms with E-state index < -0.39 is 0 Å². The molecule has 2 rings (SSSR count). The Bertz CT molecular complexity index is 734. The molecule has 0 unspecified atom stereocenters. The second kappa shape index (κ2) is 6.18. The lowest BCUT2D eigenvalue weighted by atomic mass is 10.0. The van der Waals surface area contributed by atoms with Gasteiger partial charge in [-0.05, 0) is 26.0 Å². The number of anilines is 3. The van der Waals surface area contributed by atoms with E-state index in [1.807, 2.05) is 26.0 Å². The molecule has 0 aliphatic rings. The Labute approximate surface area is 128 Å². The van der Waals surface area contributed by atoms with Gasteiger partial charge < -0.3 is 21.5 Å². The molecule has 7 heteroatoms. The highest BCUT2D eigenvalue weighted by molar-refractivity contribution is 5.78. The number of phenolic OH excluding ortho intramolecular Hbond substituents is 1. The smallest absolute Gasteiger partial charge is 0.222 e. The van der Waals surface area contributed by atoms with Gasteiger partial charge >= 0.3 is 0 Å². The van der Waals surface area contributed by atoms with Crippen LogP contribution in [0.15, 0.2) is 18.2 Å². The van der Waals surface area contributed by atoms with Crippen molar-refractivity contribution in [1.82, 2.24) is 9.97 Å². The van der Waals surface area contributed by atoms with Crippen LogP contribution in [-0.2, 0) is 0 Å². The van der Waals surface area contributed by atoms with E-state index in [2.05, 4.69) is 14.9 Å². The van der Waals surface area contributed by atoms with Crippen molar-refractivity contribution in [3.63, 3.8) is 0 Å². The van der Waals surface area contributed by atoms with Crippen molar-refractivity contribution >= 4 is 17.5 Å². The number of aromatic nitrogens is 2. The summed E-state index contributed by atoms with van der Waals surface area (Å²) >= 11 is 0. The molecule has 0 saturated carbocycles. The summed E-state index contributed by atoms with van der Waals surface area (Å²) in [6.07, 6.45) is 0. The summed E-state index contributed by atoms with van der Waals surface area (Å²) < 4.78 is 0. The number of benzene rings is 1. The van der Waals surface area contributed by atoms with Crippen LogP contribution < -0.4 is 16.4 Å². The highest BCUT2D eigenvalue weighted by atomic mass is 16.3. The third-order valence-electron chi connectivity index (χ3n) is 3.43. The lowest BCUT2D eigenvalue weighted by molar-refractivity contribution is 0.477. The number of nitrogens with zero attached hydrogens (tertiary/aromatic N) is 4. The van der Waals surface area contributed by atoms with E-state index in [-0.39, 0.29) is 28.8 Å². The second-order valence-electron chi connectivity index (χ2n) is 4.68. The first kappa shape index (κ1) is 15.4. The highest BCUT2D eigenvalue weighted by Gasteiger charge is 2.17. The number of hydrogen-bond donors (Lipinski definition) is 3. The average molecular weight is 298 g/mol. The first-order valence-electron chi connectivity index (χ1n) is 6.93. The molecule has 0 saturated heterocycles. The van der Waals surface area contributed by atoms with E-state index in [1.54, 1.807) is 12.1 Å². The van der Waals surface area contributed by atoms with Crippen molar-refractivity contribution in [1.29, 1.82) is 5.26 Å². The number of aromatic hydroxyl groups is 1. The topological polar surface area (TPSA) is 125 Å². The first-order chi connectivity index (χ1) is 10.5. The Morgan fingerprint density at radius 2 is 1.91 bits per heavy atom. The SMILES string of the molecule is CCN(CC)c1ccc(-c2nc(N)nc(N)c2C#N)c(O)c1. The van der Waals surface area contributed by atoms with Crippen LogP contribution in [0.5, 0.6) is 5.75 Å². The maximum Gasteiger partial charge on any atom is 0.222 e. The predicted octanol–water partition coefficient (Wildman–Crippen LogP) is 1.73. The molecule has 0 amide bonds. The molecule has 0 bridgehead atoms. The first-order valence-corrected chi connectivity index (χ1v) is 6.93. The number of nitrogen functional groups attached to an aromatic ring is 2. The second-order valence-corrected chi connectivity index (χ2v) is 4.68. The van der Waals surface area contributed by atoms with Gasteiger partial charge in [0.2, 0.25) is 5.95 Å². The number of nitriles is 1. The summed E-state index contributed by atoms with van der Waals surface area (Å²) in [5.41, 5.74) is 12.9. The lowest BCUT2D eigenvalue weighted by Crippen LogP contribution is -2.21. The summed E-state index contributed by atoms with van der Waals surface area (Å²) in [4.78, 5) is 9.90. The summed E-state index contributed by atoms with van der Waals surface area (Å²) in [5.74, 6) is -0.0330. The minimum Gasteiger partial charge on any atom is -0.507 e. The van der Waals surface area contributed by atoms with Crippen LogP contribution in [0, 0.1) is 11.3 Å². The zero-order chi connectivity index (χ0) is 16.3. The van der Waals surface area contributed by atoms with Gasteiger partial charge in [-0.1, -0.05) is 0 Å². The third-order valence-corrected chi connectivity index (χ3v) is 3.43. The summed E-state index contributed by atoms with van der Waals surface area (Å²) in [6.45, 7) is 5.72. The number of hydrogen-bond acceptors (Lipinski definition) is 7. The zero-order valence-electron chi connectivity index (χ0n) is 12.5. The van der Waals surface area contributed by atoms with Gasteiger partial charge in [-0.2, -0.15) is 10.2 Å². The molecular formula is C15H18N6O. The monoisotopic (exact) mass is 298 g/mol. The largest absolute Gasteiger partial charge is 0.507 e. The van der Waals surface area contributed by atoms with Crippen molar-refractivity contribution in [3.8, 4) is 23.1 Å². The zero-order valence-corrected chi connectivity index (χ0v) is 12.5. The fourth-order valence-corrected chi connectivity index (χ4v) is 2.31. The van der Waals surface area contributed by atoms with Gasteiger partial charge in [0.15, 0.2) is 0 Å². The van der Waals surface area contributed by atoms with Crippen molar-refractivity contribution in [2.45, 2.75) is 13.8 Å². The average Bonchev–Trinajstić information content (AvgIpc) is 2.48. The molecule has 114 valence electrons. The van der Waals surface area contributed by atoms with Gasteiger partial charge in [-0.3, -0.25) is 0 Å². The summed E-state index contributed by atoms with van der Waals surface area (Å²) in [6, 6.07) is 7.14. The molecule has 7 nitrogen and oxygen atoms in total. The predicted molar refractivity (Wildman–Crippen MR) is 86.2 cm³/mol. The molecule has 0 aliphatic carbocycles. The van der Waals surface area contributed by atoms with E-state index >= 15 is 0 Å². The molecule has 0 spiro atoms. The van der Waals surface area contributed by atoms with Crippen LogP contribution in [0.3, 0.4) is 0 Å². The van der Waals surface area contributed by atoms with Gasteiger partial charge in [-0.15, -0.1) is 0 Å².